The molecule has 3 rings (SSSR count). The van der Waals surface area contributed by atoms with Crippen LogP contribution in [0.15, 0.2) is 60.8 Å². The molecule has 0 saturated heterocycles. The third-order valence-corrected chi connectivity index (χ3v) is 3.80. The minimum atomic E-state index is -0.0485. The second-order valence-corrected chi connectivity index (χ2v) is 5.76. The normalized spacial score (nSPS) is 10.6. The van der Waals surface area contributed by atoms with E-state index < -0.39 is 0 Å². The molecule has 0 spiro atoms. The predicted molar refractivity (Wildman–Crippen MR) is 92.2 cm³/mol. The van der Waals surface area contributed by atoms with Crippen molar-refractivity contribution in [3.8, 4) is 0 Å². The highest BCUT2D eigenvalue weighted by atomic mass is 16.2. The summed E-state index contributed by atoms with van der Waals surface area (Å²) in [6, 6.07) is 17.5. The molecule has 2 heterocycles. The predicted octanol–water partition coefficient (Wildman–Crippen LogP) is 2.97. The smallest absolute Gasteiger partial charge is 0.272 e. The van der Waals surface area contributed by atoms with Gasteiger partial charge < -0.3 is 4.90 Å². The Morgan fingerprint density at radius 3 is 2.46 bits per heavy atom. The average molecular weight is 320 g/mol. The lowest BCUT2D eigenvalue weighted by Crippen LogP contribution is -2.31. The van der Waals surface area contributed by atoms with E-state index in [1.807, 2.05) is 61.5 Å². The van der Waals surface area contributed by atoms with Gasteiger partial charge in [-0.2, -0.15) is 5.10 Å². The van der Waals surface area contributed by atoms with Gasteiger partial charge in [0.1, 0.15) is 5.69 Å². The second kappa shape index (κ2) is 7.08. The van der Waals surface area contributed by atoms with Gasteiger partial charge in [-0.15, -0.1) is 0 Å². The molecule has 0 unspecified atom stereocenters. The fraction of sp³-hybridized carbons (Fsp3) is 0.211. The summed E-state index contributed by atoms with van der Waals surface area (Å²) >= 11 is 0. The van der Waals surface area contributed by atoms with Crippen molar-refractivity contribution < 1.29 is 4.79 Å². The van der Waals surface area contributed by atoms with Crippen LogP contribution < -0.4 is 0 Å². The van der Waals surface area contributed by atoms with E-state index in [1.54, 1.807) is 22.8 Å². The number of carbonyl (C=O) groups excluding carboxylic acids is 1. The molecule has 0 aliphatic rings. The number of pyridine rings is 1. The lowest BCUT2D eigenvalue weighted by molar-refractivity contribution is 0.0716. The summed E-state index contributed by atoms with van der Waals surface area (Å²) in [6.45, 7) is 2.87. The molecule has 1 aromatic carbocycles. The number of nitrogens with zero attached hydrogens (tertiary/aromatic N) is 4. The summed E-state index contributed by atoms with van der Waals surface area (Å²) < 4.78 is 1.63. The van der Waals surface area contributed by atoms with Gasteiger partial charge in [-0.05, 0) is 30.7 Å². The molecule has 0 bridgehead atoms. The highest BCUT2D eigenvalue weighted by molar-refractivity contribution is 5.92. The van der Waals surface area contributed by atoms with E-state index in [0.717, 1.165) is 17.0 Å². The minimum Gasteiger partial charge on any atom is -0.327 e. The summed E-state index contributed by atoms with van der Waals surface area (Å²) in [7, 11) is 1.79. The van der Waals surface area contributed by atoms with E-state index in [2.05, 4.69) is 10.1 Å². The van der Waals surface area contributed by atoms with E-state index in [1.165, 1.54) is 0 Å². The molecule has 5 heteroatoms. The Hall–Kier alpha value is -2.95. The zero-order valence-electron chi connectivity index (χ0n) is 13.9. The van der Waals surface area contributed by atoms with E-state index in [0.29, 0.717) is 18.8 Å². The molecule has 1 amide bonds. The van der Waals surface area contributed by atoms with Gasteiger partial charge >= 0.3 is 0 Å². The van der Waals surface area contributed by atoms with Crippen LogP contribution in [0.4, 0.5) is 0 Å². The lowest BCUT2D eigenvalue weighted by atomic mass is 10.2. The standard InChI is InChI=1S/C19H20N4O/c1-15-12-18(22(2)21-15)19(24)23(13-16-8-4-3-5-9-16)14-17-10-6-7-11-20-17/h3-12H,13-14H2,1-2H3. The van der Waals surface area contributed by atoms with Crippen LogP contribution in [-0.4, -0.2) is 25.6 Å². The molecular formula is C19H20N4O. The number of amides is 1. The Bertz CT molecular complexity index is 770. The lowest BCUT2D eigenvalue weighted by Gasteiger charge is -2.22. The van der Waals surface area contributed by atoms with E-state index in [4.69, 9.17) is 0 Å². The van der Waals surface area contributed by atoms with Crippen LogP contribution in [0.1, 0.15) is 27.4 Å². The van der Waals surface area contributed by atoms with Crippen molar-refractivity contribution in [2.45, 2.75) is 20.0 Å². The number of benzene rings is 1. The van der Waals surface area contributed by atoms with Gasteiger partial charge in [-0.3, -0.25) is 14.5 Å². The van der Waals surface area contributed by atoms with E-state index in [9.17, 15) is 4.79 Å². The summed E-state index contributed by atoms with van der Waals surface area (Å²) in [5.74, 6) is -0.0485. The van der Waals surface area contributed by atoms with Gasteiger partial charge in [0.05, 0.1) is 17.9 Å². The topological polar surface area (TPSA) is 51.0 Å². The number of hydrogen-bond donors (Lipinski definition) is 0. The van der Waals surface area contributed by atoms with Crippen LogP contribution in [0.25, 0.3) is 0 Å². The van der Waals surface area contributed by atoms with Crippen LogP contribution in [0.3, 0.4) is 0 Å². The first-order valence-corrected chi connectivity index (χ1v) is 7.87. The number of hydrogen-bond acceptors (Lipinski definition) is 3. The van der Waals surface area contributed by atoms with Crippen LogP contribution in [0.2, 0.25) is 0 Å². The first kappa shape index (κ1) is 15.9. The largest absolute Gasteiger partial charge is 0.327 e. The fourth-order valence-electron chi connectivity index (χ4n) is 2.66. The third-order valence-electron chi connectivity index (χ3n) is 3.80. The Morgan fingerprint density at radius 2 is 1.83 bits per heavy atom. The Morgan fingerprint density at radius 1 is 1.08 bits per heavy atom. The van der Waals surface area contributed by atoms with Gasteiger partial charge in [0, 0.05) is 19.8 Å². The minimum absolute atomic E-state index is 0.0485. The Balaban J connectivity index is 1.89. The van der Waals surface area contributed by atoms with Crippen molar-refractivity contribution in [3.63, 3.8) is 0 Å². The van der Waals surface area contributed by atoms with Crippen LogP contribution in [-0.2, 0) is 20.1 Å². The maximum Gasteiger partial charge on any atom is 0.272 e. The average Bonchev–Trinajstić information content (AvgIpc) is 2.94. The van der Waals surface area contributed by atoms with Gasteiger partial charge in [0.25, 0.3) is 5.91 Å². The Labute approximate surface area is 141 Å². The highest BCUT2D eigenvalue weighted by Crippen LogP contribution is 2.14. The molecule has 5 nitrogen and oxygen atoms in total. The van der Waals surface area contributed by atoms with Crippen molar-refractivity contribution in [2.24, 2.45) is 7.05 Å². The maximum absolute atomic E-state index is 13.0. The third kappa shape index (κ3) is 3.68. The first-order chi connectivity index (χ1) is 11.6. The number of carbonyl (C=O) groups is 1. The molecule has 0 aliphatic carbocycles. The van der Waals surface area contributed by atoms with Crippen LogP contribution in [0, 0.1) is 6.92 Å². The Kier molecular flexibility index (Phi) is 4.70. The van der Waals surface area contributed by atoms with Crippen LogP contribution in [0.5, 0.6) is 0 Å². The van der Waals surface area contributed by atoms with Gasteiger partial charge in [-0.1, -0.05) is 36.4 Å². The van der Waals surface area contributed by atoms with Crippen molar-refractivity contribution in [1.29, 1.82) is 0 Å². The molecular weight excluding hydrogens is 300 g/mol. The number of aromatic nitrogens is 3. The van der Waals surface area contributed by atoms with Gasteiger partial charge in [0.15, 0.2) is 0 Å². The molecule has 0 saturated carbocycles. The van der Waals surface area contributed by atoms with Crippen molar-refractivity contribution in [2.75, 3.05) is 0 Å². The molecule has 122 valence electrons. The molecule has 0 radical (unpaired) electrons. The quantitative estimate of drug-likeness (QED) is 0.726. The summed E-state index contributed by atoms with van der Waals surface area (Å²) in [5, 5.41) is 4.28. The molecule has 0 atom stereocenters. The van der Waals surface area contributed by atoms with Crippen LogP contribution >= 0.6 is 0 Å². The van der Waals surface area contributed by atoms with Gasteiger partial charge in [-0.25, -0.2) is 0 Å². The molecule has 0 aliphatic heterocycles. The first-order valence-electron chi connectivity index (χ1n) is 7.87. The summed E-state index contributed by atoms with van der Waals surface area (Å²) in [6.07, 6.45) is 1.74. The molecule has 0 N–H and O–H groups in total. The van der Waals surface area contributed by atoms with Gasteiger partial charge in [0.2, 0.25) is 0 Å². The van der Waals surface area contributed by atoms with Crippen molar-refractivity contribution >= 4 is 5.91 Å². The zero-order valence-corrected chi connectivity index (χ0v) is 13.9. The van der Waals surface area contributed by atoms with E-state index in [-0.39, 0.29) is 5.91 Å². The maximum atomic E-state index is 13.0. The molecule has 0 fully saturated rings. The van der Waals surface area contributed by atoms with E-state index >= 15 is 0 Å². The van der Waals surface area contributed by atoms with Crippen molar-refractivity contribution in [3.05, 3.63) is 83.4 Å². The van der Waals surface area contributed by atoms with Crippen molar-refractivity contribution in [1.82, 2.24) is 19.7 Å². The molecule has 24 heavy (non-hydrogen) atoms. The molecule has 2 aromatic heterocycles. The second-order valence-electron chi connectivity index (χ2n) is 5.76. The number of rotatable bonds is 5. The molecule has 3 aromatic rings. The highest BCUT2D eigenvalue weighted by Gasteiger charge is 2.20. The summed E-state index contributed by atoms with van der Waals surface area (Å²) in [5.41, 5.74) is 3.36. The fourth-order valence-corrected chi connectivity index (χ4v) is 2.66. The monoisotopic (exact) mass is 320 g/mol. The summed E-state index contributed by atoms with van der Waals surface area (Å²) in [4.78, 5) is 19.2. The zero-order chi connectivity index (χ0) is 16.9. The SMILES string of the molecule is Cc1cc(C(=O)N(Cc2ccccc2)Cc2ccccn2)n(C)n1. The number of aryl methyl sites for hydroxylation is 2.